The molecule has 0 amide bonds. The average Bonchev–Trinajstić information content (AvgIpc) is 2.48. The molecule has 0 aromatic heterocycles. The lowest BCUT2D eigenvalue weighted by atomic mass is 9.83. The van der Waals surface area contributed by atoms with Crippen molar-refractivity contribution in [2.24, 2.45) is 23.2 Å². The zero-order valence-electron chi connectivity index (χ0n) is 7.37. The molecule has 74 valence electrons. The highest BCUT2D eigenvalue weighted by atomic mass is 32.3. The third-order valence-electron chi connectivity index (χ3n) is 4.50. The van der Waals surface area contributed by atoms with Gasteiger partial charge in [-0.1, -0.05) is 0 Å². The van der Waals surface area contributed by atoms with Crippen molar-refractivity contribution in [3.8, 4) is 0 Å². The first-order chi connectivity index (χ1) is 5.99. The van der Waals surface area contributed by atoms with Gasteiger partial charge in [0, 0.05) is 0 Å². The molecule has 0 saturated heterocycles. The number of rotatable bonds is 2. The predicted octanol–water partition coefficient (Wildman–Crippen LogP) is 1.72. The Morgan fingerprint density at radius 2 is 1.77 bits per heavy atom. The number of halogens is 1. The Kier molecular flexibility index (Phi) is 1.33. The van der Waals surface area contributed by atoms with Gasteiger partial charge in [-0.05, 0) is 48.9 Å². The van der Waals surface area contributed by atoms with Gasteiger partial charge >= 0.3 is 10.2 Å². The molecular weight excluding hydrogens is 191 g/mol. The Morgan fingerprint density at radius 1 is 1.23 bits per heavy atom. The van der Waals surface area contributed by atoms with E-state index in [9.17, 15) is 12.3 Å². The fourth-order valence-corrected chi connectivity index (χ4v) is 5.41. The lowest BCUT2D eigenvalue weighted by Gasteiger charge is -2.26. The highest BCUT2D eigenvalue weighted by Crippen LogP contribution is 2.70. The molecule has 4 rings (SSSR count). The molecule has 2 atom stereocenters. The Bertz CT molecular complexity index is 335. The highest BCUT2D eigenvalue weighted by Gasteiger charge is 2.63. The lowest BCUT2D eigenvalue weighted by Crippen LogP contribution is -2.27. The normalized spacial score (nSPS) is 52.2. The van der Waals surface area contributed by atoms with Crippen LogP contribution in [-0.2, 0) is 10.2 Å². The van der Waals surface area contributed by atoms with Gasteiger partial charge in [-0.25, -0.2) is 0 Å². The third kappa shape index (κ3) is 1.01. The maximum Gasteiger partial charge on any atom is 0.302 e. The van der Waals surface area contributed by atoms with E-state index in [1.165, 1.54) is 12.8 Å². The molecule has 0 aliphatic heterocycles. The zero-order valence-corrected chi connectivity index (χ0v) is 8.19. The maximum atomic E-state index is 12.7. The summed E-state index contributed by atoms with van der Waals surface area (Å²) in [4.78, 5) is 0. The van der Waals surface area contributed by atoms with Crippen molar-refractivity contribution in [3.05, 3.63) is 0 Å². The van der Waals surface area contributed by atoms with Crippen LogP contribution in [-0.4, -0.2) is 14.2 Å². The second-order valence-electron chi connectivity index (χ2n) is 5.14. The standard InChI is InChI=1S/C9H13FO2S/c10-13(11,12)5-9-3-6-1-8(9)2-7(6)4-9/h6-8H,1-5H2. The molecule has 0 aromatic rings. The van der Waals surface area contributed by atoms with Crippen LogP contribution in [0.25, 0.3) is 0 Å². The van der Waals surface area contributed by atoms with Gasteiger partial charge < -0.3 is 0 Å². The molecule has 4 aliphatic rings. The van der Waals surface area contributed by atoms with Gasteiger partial charge in [-0.15, -0.1) is 3.89 Å². The molecule has 2 unspecified atom stereocenters. The van der Waals surface area contributed by atoms with E-state index in [0.29, 0.717) is 5.92 Å². The minimum absolute atomic E-state index is 0.136. The number of hydrogen-bond donors (Lipinski definition) is 0. The van der Waals surface area contributed by atoms with Crippen LogP contribution in [0, 0.1) is 23.2 Å². The molecule has 13 heavy (non-hydrogen) atoms. The molecule has 4 bridgehead atoms. The summed E-state index contributed by atoms with van der Waals surface area (Å²) < 4.78 is 34.0. The van der Waals surface area contributed by atoms with E-state index in [2.05, 4.69) is 0 Å². The van der Waals surface area contributed by atoms with Crippen molar-refractivity contribution < 1.29 is 12.3 Å². The molecular formula is C9H13FO2S. The third-order valence-corrected chi connectivity index (χ3v) is 5.42. The van der Waals surface area contributed by atoms with E-state index in [1.807, 2.05) is 0 Å². The van der Waals surface area contributed by atoms with Crippen molar-refractivity contribution >= 4 is 10.2 Å². The van der Waals surface area contributed by atoms with Gasteiger partial charge in [0.05, 0.1) is 5.75 Å². The van der Waals surface area contributed by atoms with Gasteiger partial charge in [0.1, 0.15) is 0 Å². The largest absolute Gasteiger partial charge is 0.302 e. The molecule has 4 saturated carbocycles. The van der Waals surface area contributed by atoms with E-state index in [4.69, 9.17) is 0 Å². The van der Waals surface area contributed by atoms with Crippen LogP contribution < -0.4 is 0 Å². The number of hydrogen-bond acceptors (Lipinski definition) is 2. The van der Waals surface area contributed by atoms with Crippen molar-refractivity contribution in [1.29, 1.82) is 0 Å². The summed E-state index contributed by atoms with van der Waals surface area (Å²) in [6.45, 7) is 0. The van der Waals surface area contributed by atoms with Crippen LogP contribution in [0.4, 0.5) is 3.89 Å². The van der Waals surface area contributed by atoms with Crippen LogP contribution in [0.15, 0.2) is 0 Å². The Morgan fingerprint density at radius 3 is 2.08 bits per heavy atom. The van der Waals surface area contributed by atoms with Crippen LogP contribution in [0.1, 0.15) is 25.7 Å². The van der Waals surface area contributed by atoms with Crippen LogP contribution in [0.2, 0.25) is 0 Å². The second kappa shape index (κ2) is 2.10. The van der Waals surface area contributed by atoms with Crippen LogP contribution in [0.5, 0.6) is 0 Å². The first kappa shape index (κ1) is 8.21. The Labute approximate surface area is 77.7 Å². The monoisotopic (exact) mass is 204 g/mol. The average molecular weight is 204 g/mol. The van der Waals surface area contributed by atoms with E-state index in [-0.39, 0.29) is 11.2 Å². The predicted molar refractivity (Wildman–Crippen MR) is 46.3 cm³/mol. The summed E-state index contributed by atoms with van der Waals surface area (Å²) in [5, 5.41) is 0. The second-order valence-corrected chi connectivity index (χ2v) is 6.51. The fraction of sp³-hybridized carbons (Fsp3) is 1.00. The van der Waals surface area contributed by atoms with Gasteiger partial charge in [0.15, 0.2) is 0 Å². The van der Waals surface area contributed by atoms with E-state index < -0.39 is 10.2 Å². The molecule has 0 N–H and O–H groups in total. The minimum Gasteiger partial charge on any atom is -0.195 e. The van der Waals surface area contributed by atoms with Crippen LogP contribution in [0.3, 0.4) is 0 Å². The quantitative estimate of drug-likeness (QED) is 0.642. The highest BCUT2D eigenvalue weighted by molar-refractivity contribution is 7.86. The molecule has 2 nitrogen and oxygen atoms in total. The maximum absolute atomic E-state index is 12.7. The summed E-state index contributed by atoms with van der Waals surface area (Å²) >= 11 is 0. The Balaban J connectivity index is 1.92. The molecule has 0 aromatic carbocycles. The first-order valence-electron chi connectivity index (χ1n) is 4.91. The van der Waals surface area contributed by atoms with Gasteiger partial charge in [0.25, 0.3) is 0 Å². The van der Waals surface area contributed by atoms with Crippen molar-refractivity contribution in [2.75, 3.05) is 5.75 Å². The summed E-state index contributed by atoms with van der Waals surface area (Å²) in [7, 11) is -4.26. The van der Waals surface area contributed by atoms with Gasteiger partial charge in [0.2, 0.25) is 0 Å². The smallest absolute Gasteiger partial charge is 0.195 e. The van der Waals surface area contributed by atoms with Gasteiger partial charge in [-0.2, -0.15) is 8.42 Å². The summed E-state index contributed by atoms with van der Waals surface area (Å²) in [6.07, 6.45) is 4.29. The van der Waals surface area contributed by atoms with Gasteiger partial charge in [-0.3, -0.25) is 0 Å². The Hall–Kier alpha value is -0.120. The van der Waals surface area contributed by atoms with Crippen LogP contribution >= 0.6 is 0 Å². The first-order valence-corrected chi connectivity index (χ1v) is 6.46. The molecule has 0 radical (unpaired) electrons. The molecule has 4 aliphatic carbocycles. The molecule has 4 fully saturated rings. The lowest BCUT2D eigenvalue weighted by molar-refractivity contribution is 0.280. The summed E-state index contributed by atoms with van der Waals surface area (Å²) in [6, 6.07) is 0. The zero-order chi connectivity index (χ0) is 9.27. The topological polar surface area (TPSA) is 34.1 Å². The minimum atomic E-state index is -4.26. The van der Waals surface area contributed by atoms with Crippen molar-refractivity contribution in [2.45, 2.75) is 25.7 Å². The van der Waals surface area contributed by atoms with E-state index in [0.717, 1.165) is 24.7 Å². The van der Waals surface area contributed by atoms with Crippen molar-refractivity contribution in [3.63, 3.8) is 0 Å². The molecule has 0 spiro atoms. The fourth-order valence-electron chi connectivity index (χ4n) is 4.25. The molecule has 0 heterocycles. The SMILES string of the molecule is O=S(=O)(F)CC12CC3CC1CC3C2. The summed E-state index contributed by atoms with van der Waals surface area (Å²) in [5.74, 6) is 1.78. The van der Waals surface area contributed by atoms with E-state index >= 15 is 0 Å². The van der Waals surface area contributed by atoms with E-state index in [1.54, 1.807) is 0 Å². The molecule has 4 heteroatoms. The van der Waals surface area contributed by atoms with Crippen molar-refractivity contribution in [1.82, 2.24) is 0 Å². The summed E-state index contributed by atoms with van der Waals surface area (Å²) in [5.41, 5.74) is -0.136.